The van der Waals surface area contributed by atoms with Gasteiger partial charge in [-0.15, -0.1) is 0 Å². The topological polar surface area (TPSA) is 78.4 Å². The highest BCUT2D eigenvalue weighted by Crippen LogP contribution is 2.20. The van der Waals surface area contributed by atoms with E-state index in [0.29, 0.717) is 18.7 Å². The molecule has 1 rings (SSSR count). The predicted molar refractivity (Wildman–Crippen MR) is 67.5 cm³/mol. The molecule has 0 radical (unpaired) electrons. The minimum atomic E-state index is -3.43. The van der Waals surface area contributed by atoms with Crippen molar-refractivity contribution in [1.29, 1.82) is 0 Å². The second kappa shape index (κ2) is 6.58. The number of unbranched alkanes of at least 4 members (excludes halogenated alkanes) is 1. The van der Waals surface area contributed by atoms with Gasteiger partial charge in [-0.3, -0.25) is 0 Å². The van der Waals surface area contributed by atoms with Crippen LogP contribution in [0.3, 0.4) is 0 Å². The molecule has 0 aromatic heterocycles. The summed E-state index contributed by atoms with van der Waals surface area (Å²) < 4.78 is 25.7. The molecule has 0 atom stereocenters. The number of rotatable bonds is 7. The Hall–Kier alpha value is -1.11. The highest BCUT2D eigenvalue weighted by molar-refractivity contribution is 7.89. The molecule has 1 aromatic rings. The fourth-order valence-corrected chi connectivity index (χ4v) is 2.32. The molecule has 96 valence electrons. The molecule has 0 aliphatic carbocycles. The Balaban J connectivity index is 2.79. The third kappa shape index (κ3) is 3.99. The lowest BCUT2D eigenvalue weighted by Crippen LogP contribution is -2.20. The van der Waals surface area contributed by atoms with E-state index in [-0.39, 0.29) is 11.5 Å². The van der Waals surface area contributed by atoms with Gasteiger partial charge in [0.05, 0.1) is 5.69 Å². The Bertz CT molecular complexity index is 446. The zero-order chi connectivity index (χ0) is 12.7. The molecule has 1 aromatic carbocycles. The van der Waals surface area contributed by atoms with Crippen LogP contribution in [0.2, 0.25) is 0 Å². The molecule has 0 unspecified atom stereocenters. The molecule has 17 heavy (non-hydrogen) atoms. The summed E-state index contributed by atoms with van der Waals surface area (Å²) in [4.78, 5) is 0.242. The van der Waals surface area contributed by atoms with Gasteiger partial charge in [-0.2, -0.15) is 0 Å². The largest absolute Gasteiger partial charge is 0.396 e. The zero-order valence-corrected chi connectivity index (χ0v) is 10.6. The molecule has 0 amide bonds. The van der Waals surface area contributed by atoms with Crippen molar-refractivity contribution in [3.05, 3.63) is 24.3 Å². The van der Waals surface area contributed by atoms with Crippen LogP contribution in [0.1, 0.15) is 12.8 Å². The molecule has 0 bridgehead atoms. The molecule has 0 aliphatic rings. The Morgan fingerprint density at radius 2 is 1.94 bits per heavy atom. The molecule has 0 spiro atoms. The van der Waals surface area contributed by atoms with Gasteiger partial charge in [-0.1, -0.05) is 12.1 Å². The summed E-state index contributed by atoms with van der Waals surface area (Å²) in [7, 11) is -2.05. The van der Waals surface area contributed by atoms with Crippen molar-refractivity contribution in [3.8, 4) is 0 Å². The Kier molecular flexibility index (Phi) is 5.40. The summed E-state index contributed by atoms with van der Waals surface area (Å²) in [6.45, 7) is 0.787. The van der Waals surface area contributed by atoms with Gasteiger partial charge in [-0.05, 0) is 32.0 Å². The maximum Gasteiger partial charge on any atom is 0.242 e. The average molecular weight is 258 g/mol. The number of hydrogen-bond donors (Lipinski definition) is 3. The number of nitrogens with one attached hydrogen (secondary N) is 2. The molecule has 0 aliphatic heterocycles. The molecule has 6 heteroatoms. The quantitative estimate of drug-likeness (QED) is 0.632. The van der Waals surface area contributed by atoms with Crippen LogP contribution in [0.5, 0.6) is 0 Å². The highest BCUT2D eigenvalue weighted by Gasteiger charge is 2.15. The van der Waals surface area contributed by atoms with E-state index in [0.717, 1.165) is 6.42 Å². The van der Waals surface area contributed by atoms with Crippen LogP contribution in [0, 0.1) is 0 Å². The molecule has 0 heterocycles. The van der Waals surface area contributed by atoms with E-state index >= 15 is 0 Å². The second-order valence-corrected chi connectivity index (χ2v) is 5.42. The third-order valence-electron chi connectivity index (χ3n) is 2.35. The third-order valence-corrected chi connectivity index (χ3v) is 3.82. The average Bonchev–Trinajstić information content (AvgIpc) is 2.35. The van der Waals surface area contributed by atoms with Crippen LogP contribution in [0.25, 0.3) is 0 Å². The Morgan fingerprint density at radius 3 is 2.59 bits per heavy atom. The van der Waals surface area contributed by atoms with E-state index in [1.54, 1.807) is 24.3 Å². The van der Waals surface area contributed by atoms with E-state index in [9.17, 15) is 8.42 Å². The van der Waals surface area contributed by atoms with Gasteiger partial charge >= 0.3 is 0 Å². The normalized spacial score (nSPS) is 11.4. The summed E-state index contributed by atoms with van der Waals surface area (Å²) in [6, 6.07) is 6.75. The van der Waals surface area contributed by atoms with Crippen molar-refractivity contribution in [2.24, 2.45) is 0 Å². The van der Waals surface area contributed by atoms with Gasteiger partial charge in [0, 0.05) is 13.2 Å². The first-order valence-corrected chi connectivity index (χ1v) is 6.97. The van der Waals surface area contributed by atoms with Crippen LogP contribution in [-0.2, 0) is 10.0 Å². The van der Waals surface area contributed by atoms with Gasteiger partial charge in [0.25, 0.3) is 0 Å². The number of aliphatic hydroxyl groups is 1. The Morgan fingerprint density at radius 1 is 1.24 bits per heavy atom. The zero-order valence-electron chi connectivity index (χ0n) is 9.81. The van der Waals surface area contributed by atoms with Gasteiger partial charge in [0.15, 0.2) is 0 Å². The van der Waals surface area contributed by atoms with Crippen molar-refractivity contribution >= 4 is 15.7 Å². The van der Waals surface area contributed by atoms with Crippen LogP contribution in [0.15, 0.2) is 29.2 Å². The predicted octanol–water partition coefficient (Wildman–Crippen LogP) is 0.779. The molecule has 0 saturated carbocycles. The van der Waals surface area contributed by atoms with Crippen molar-refractivity contribution in [2.75, 3.05) is 25.5 Å². The number of anilines is 1. The van der Waals surface area contributed by atoms with E-state index in [4.69, 9.17) is 5.11 Å². The summed E-state index contributed by atoms with van der Waals surface area (Å²) in [5, 5.41) is 11.7. The fourth-order valence-electron chi connectivity index (χ4n) is 1.42. The van der Waals surface area contributed by atoms with E-state index in [1.807, 2.05) is 0 Å². The van der Waals surface area contributed by atoms with Crippen LogP contribution >= 0.6 is 0 Å². The minimum Gasteiger partial charge on any atom is -0.396 e. The van der Waals surface area contributed by atoms with Gasteiger partial charge < -0.3 is 10.4 Å². The Labute approximate surface area is 102 Å². The second-order valence-electron chi connectivity index (χ2n) is 3.56. The van der Waals surface area contributed by atoms with Crippen molar-refractivity contribution in [1.82, 2.24) is 4.72 Å². The van der Waals surface area contributed by atoms with E-state index in [1.165, 1.54) is 7.05 Å². The first-order valence-electron chi connectivity index (χ1n) is 5.49. The maximum absolute atomic E-state index is 11.7. The summed E-state index contributed by atoms with van der Waals surface area (Å²) in [5.74, 6) is 0. The number of sulfonamides is 1. The standard InChI is InChI=1S/C11H18N2O3S/c1-12-17(15,16)11-7-3-2-6-10(11)13-8-4-5-9-14/h2-3,6-7,12-14H,4-5,8-9H2,1H3. The minimum absolute atomic E-state index is 0.151. The molecule has 5 nitrogen and oxygen atoms in total. The molecular weight excluding hydrogens is 240 g/mol. The SMILES string of the molecule is CNS(=O)(=O)c1ccccc1NCCCCO. The summed E-state index contributed by atoms with van der Waals surface area (Å²) in [5.41, 5.74) is 0.583. The van der Waals surface area contributed by atoms with E-state index in [2.05, 4.69) is 10.0 Å². The van der Waals surface area contributed by atoms with Crippen LogP contribution in [-0.4, -0.2) is 33.7 Å². The monoisotopic (exact) mass is 258 g/mol. The molecule has 3 N–H and O–H groups in total. The molecule has 0 saturated heterocycles. The van der Waals surface area contributed by atoms with Crippen molar-refractivity contribution < 1.29 is 13.5 Å². The van der Waals surface area contributed by atoms with Gasteiger partial charge in [0.1, 0.15) is 4.90 Å². The number of aliphatic hydroxyl groups excluding tert-OH is 1. The number of para-hydroxylation sites is 1. The van der Waals surface area contributed by atoms with Gasteiger partial charge in [0.2, 0.25) is 10.0 Å². The first-order chi connectivity index (χ1) is 8.11. The van der Waals surface area contributed by atoms with Crippen LogP contribution < -0.4 is 10.0 Å². The smallest absolute Gasteiger partial charge is 0.242 e. The number of hydrogen-bond acceptors (Lipinski definition) is 4. The van der Waals surface area contributed by atoms with E-state index < -0.39 is 10.0 Å². The lowest BCUT2D eigenvalue weighted by molar-refractivity contribution is 0.286. The van der Waals surface area contributed by atoms with Crippen molar-refractivity contribution in [3.63, 3.8) is 0 Å². The first kappa shape index (κ1) is 14.0. The molecular formula is C11H18N2O3S. The van der Waals surface area contributed by atoms with Gasteiger partial charge in [-0.25, -0.2) is 13.1 Å². The molecule has 0 fully saturated rings. The summed E-state index contributed by atoms with van der Waals surface area (Å²) >= 11 is 0. The highest BCUT2D eigenvalue weighted by atomic mass is 32.2. The fraction of sp³-hybridized carbons (Fsp3) is 0.455. The maximum atomic E-state index is 11.7. The van der Waals surface area contributed by atoms with Crippen LogP contribution in [0.4, 0.5) is 5.69 Å². The lowest BCUT2D eigenvalue weighted by Gasteiger charge is -2.11. The lowest BCUT2D eigenvalue weighted by atomic mass is 10.3. The summed E-state index contributed by atoms with van der Waals surface area (Å²) in [6.07, 6.45) is 1.50. The number of benzene rings is 1. The van der Waals surface area contributed by atoms with Crippen molar-refractivity contribution in [2.45, 2.75) is 17.7 Å².